The third-order valence-electron chi connectivity index (χ3n) is 2.34. The van der Waals surface area contributed by atoms with Gasteiger partial charge in [-0.05, 0) is 18.6 Å². The minimum absolute atomic E-state index is 0.150. The number of nitrogens with one attached hydrogen (secondary N) is 1. The molecule has 0 radical (unpaired) electrons. The van der Waals surface area contributed by atoms with Crippen LogP contribution in [0.3, 0.4) is 0 Å². The smallest absolute Gasteiger partial charge is 0.251 e. The van der Waals surface area contributed by atoms with E-state index < -0.39 is 0 Å². The Kier molecular flexibility index (Phi) is 4.31. The molecule has 0 fully saturated rings. The maximum absolute atomic E-state index is 11.5. The molecule has 96 valence electrons. The molecule has 1 N–H and O–H groups in total. The SMILES string of the molecule is CCCc1cc(=O)[nH]c(Sc2ccc(C#N)nc2)n1. The molecule has 0 amide bonds. The number of pyridine rings is 1. The van der Waals surface area contributed by atoms with Crippen molar-refractivity contribution in [2.24, 2.45) is 0 Å². The van der Waals surface area contributed by atoms with E-state index in [2.05, 4.69) is 15.0 Å². The highest BCUT2D eigenvalue weighted by Crippen LogP contribution is 2.23. The number of aromatic nitrogens is 3. The molecule has 2 heterocycles. The summed E-state index contributed by atoms with van der Waals surface area (Å²) < 4.78 is 0. The first kappa shape index (κ1) is 13.3. The lowest BCUT2D eigenvalue weighted by Crippen LogP contribution is -2.09. The lowest BCUT2D eigenvalue weighted by Gasteiger charge is -2.03. The Bertz CT molecular complexity index is 658. The summed E-state index contributed by atoms with van der Waals surface area (Å²) in [6.45, 7) is 2.04. The van der Waals surface area contributed by atoms with Crippen LogP contribution < -0.4 is 5.56 Å². The molecular weight excluding hydrogens is 260 g/mol. The first-order valence-corrected chi connectivity index (χ1v) is 6.67. The summed E-state index contributed by atoms with van der Waals surface area (Å²) in [4.78, 5) is 23.4. The van der Waals surface area contributed by atoms with Crippen molar-refractivity contribution in [2.45, 2.75) is 29.8 Å². The highest BCUT2D eigenvalue weighted by molar-refractivity contribution is 7.99. The fourth-order valence-corrected chi connectivity index (χ4v) is 2.31. The van der Waals surface area contributed by atoms with Gasteiger partial charge in [0.1, 0.15) is 11.8 Å². The number of rotatable bonds is 4. The molecule has 0 aliphatic rings. The van der Waals surface area contributed by atoms with Gasteiger partial charge in [0.25, 0.3) is 5.56 Å². The van der Waals surface area contributed by atoms with E-state index >= 15 is 0 Å². The van der Waals surface area contributed by atoms with Gasteiger partial charge in [0.2, 0.25) is 0 Å². The summed E-state index contributed by atoms with van der Waals surface area (Å²) >= 11 is 1.32. The van der Waals surface area contributed by atoms with Crippen molar-refractivity contribution >= 4 is 11.8 Å². The standard InChI is InChI=1S/C13H12N4OS/c1-2-3-9-6-12(18)17-13(16-9)19-11-5-4-10(7-14)15-8-11/h4-6,8H,2-3H2,1H3,(H,16,17,18). The van der Waals surface area contributed by atoms with Crippen molar-refractivity contribution in [3.8, 4) is 6.07 Å². The van der Waals surface area contributed by atoms with Gasteiger partial charge in [0.15, 0.2) is 5.16 Å². The van der Waals surface area contributed by atoms with E-state index in [0.29, 0.717) is 10.9 Å². The third-order valence-corrected chi connectivity index (χ3v) is 3.21. The van der Waals surface area contributed by atoms with Crippen molar-refractivity contribution in [1.82, 2.24) is 15.0 Å². The van der Waals surface area contributed by atoms with Crippen LogP contribution in [0.2, 0.25) is 0 Å². The summed E-state index contributed by atoms with van der Waals surface area (Å²) in [6, 6.07) is 6.89. The molecule has 0 aromatic carbocycles. The second-order valence-electron chi connectivity index (χ2n) is 3.88. The number of H-pyrrole nitrogens is 1. The van der Waals surface area contributed by atoms with Crippen molar-refractivity contribution < 1.29 is 0 Å². The van der Waals surface area contributed by atoms with Crippen LogP contribution in [0.15, 0.2) is 39.2 Å². The second-order valence-corrected chi connectivity index (χ2v) is 4.95. The monoisotopic (exact) mass is 272 g/mol. The van der Waals surface area contributed by atoms with Crippen molar-refractivity contribution in [2.75, 3.05) is 0 Å². The minimum Gasteiger partial charge on any atom is -0.301 e. The molecule has 0 atom stereocenters. The van der Waals surface area contributed by atoms with Gasteiger partial charge in [0, 0.05) is 22.9 Å². The average molecular weight is 272 g/mol. The van der Waals surface area contributed by atoms with Crippen molar-refractivity contribution in [3.63, 3.8) is 0 Å². The molecule has 19 heavy (non-hydrogen) atoms. The van der Waals surface area contributed by atoms with Gasteiger partial charge in [-0.1, -0.05) is 25.1 Å². The second kappa shape index (κ2) is 6.16. The Hall–Kier alpha value is -2.13. The number of aryl methyl sites for hydroxylation is 1. The lowest BCUT2D eigenvalue weighted by molar-refractivity contribution is 0.816. The first-order chi connectivity index (χ1) is 9.21. The Morgan fingerprint density at radius 3 is 2.95 bits per heavy atom. The van der Waals surface area contributed by atoms with Gasteiger partial charge in [-0.2, -0.15) is 5.26 Å². The van der Waals surface area contributed by atoms with Gasteiger partial charge in [-0.15, -0.1) is 0 Å². The predicted octanol–water partition coefficient (Wildman–Crippen LogP) is 2.14. The van der Waals surface area contributed by atoms with Gasteiger partial charge in [-0.3, -0.25) is 4.79 Å². The number of aromatic amines is 1. The third kappa shape index (κ3) is 3.66. The summed E-state index contributed by atoms with van der Waals surface area (Å²) in [6.07, 6.45) is 3.32. The quantitative estimate of drug-likeness (QED) is 0.862. The van der Waals surface area contributed by atoms with E-state index in [1.807, 2.05) is 13.0 Å². The fourth-order valence-electron chi connectivity index (χ4n) is 1.53. The molecule has 0 unspecified atom stereocenters. The van der Waals surface area contributed by atoms with E-state index in [0.717, 1.165) is 23.4 Å². The predicted molar refractivity (Wildman–Crippen MR) is 71.9 cm³/mol. The highest BCUT2D eigenvalue weighted by Gasteiger charge is 2.04. The van der Waals surface area contributed by atoms with Crippen LogP contribution >= 0.6 is 11.8 Å². The van der Waals surface area contributed by atoms with E-state index in [-0.39, 0.29) is 5.56 Å². The van der Waals surface area contributed by atoms with E-state index in [1.54, 1.807) is 18.3 Å². The number of nitrogens with zero attached hydrogens (tertiary/aromatic N) is 3. The highest BCUT2D eigenvalue weighted by atomic mass is 32.2. The van der Waals surface area contributed by atoms with Crippen LogP contribution in [0.5, 0.6) is 0 Å². The first-order valence-electron chi connectivity index (χ1n) is 5.85. The fraction of sp³-hybridized carbons (Fsp3) is 0.231. The summed E-state index contributed by atoms with van der Waals surface area (Å²) in [5.41, 5.74) is 1.00. The molecule has 0 aliphatic carbocycles. The van der Waals surface area contributed by atoms with Gasteiger partial charge in [-0.25, -0.2) is 9.97 Å². The number of hydrogen-bond acceptors (Lipinski definition) is 5. The van der Waals surface area contributed by atoms with Crippen LogP contribution in [0, 0.1) is 11.3 Å². The Morgan fingerprint density at radius 1 is 1.47 bits per heavy atom. The normalized spacial score (nSPS) is 10.1. The van der Waals surface area contributed by atoms with Crippen molar-refractivity contribution in [1.29, 1.82) is 5.26 Å². The Balaban J connectivity index is 2.22. The molecule has 0 spiro atoms. The molecule has 0 aliphatic heterocycles. The van der Waals surface area contributed by atoms with E-state index in [4.69, 9.17) is 5.26 Å². The lowest BCUT2D eigenvalue weighted by atomic mass is 10.2. The molecule has 2 rings (SSSR count). The number of hydrogen-bond donors (Lipinski definition) is 1. The summed E-state index contributed by atoms with van der Waals surface area (Å²) in [5.74, 6) is 0. The number of nitriles is 1. The molecule has 6 heteroatoms. The molecular formula is C13H12N4OS. The zero-order chi connectivity index (χ0) is 13.7. The molecule has 0 bridgehead atoms. The van der Waals surface area contributed by atoms with E-state index in [9.17, 15) is 4.79 Å². The van der Waals surface area contributed by atoms with Crippen LogP contribution in [-0.4, -0.2) is 15.0 Å². The summed E-state index contributed by atoms with van der Waals surface area (Å²) in [5, 5.41) is 9.21. The molecule has 0 saturated heterocycles. The van der Waals surface area contributed by atoms with Crippen LogP contribution in [0.4, 0.5) is 0 Å². The van der Waals surface area contributed by atoms with Crippen LogP contribution in [0.1, 0.15) is 24.7 Å². The van der Waals surface area contributed by atoms with Gasteiger partial charge >= 0.3 is 0 Å². The average Bonchev–Trinajstić information content (AvgIpc) is 2.39. The Morgan fingerprint density at radius 2 is 2.32 bits per heavy atom. The maximum Gasteiger partial charge on any atom is 0.251 e. The van der Waals surface area contributed by atoms with Gasteiger partial charge < -0.3 is 4.98 Å². The minimum atomic E-state index is -0.150. The van der Waals surface area contributed by atoms with Crippen molar-refractivity contribution in [3.05, 3.63) is 46.1 Å². The van der Waals surface area contributed by atoms with Crippen LogP contribution in [0.25, 0.3) is 0 Å². The zero-order valence-electron chi connectivity index (χ0n) is 10.4. The topological polar surface area (TPSA) is 82.4 Å². The Labute approximate surface area is 114 Å². The summed E-state index contributed by atoms with van der Waals surface area (Å²) in [7, 11) is 0. The molecule has 2 aromatic rings. The van der Waals surface area contributed by atoms with E-state index in [1.165, 1.54) is 17.8 Å². The van der Waals surface area contributed by atoms with Crippen LogP contribution in [-0.2, 0) is 6.42 Å². The largest absolute Gasteiger partial charge is 0.301 e. The van der Waals surface area contributed by atoms with Gasteiger partial charge in [0.05, 0.1) is 0 Å². The maximum atomic E-state index is 11.5. The molecule has 5 nitrogen and oxygen atoms in total. The molecule has 2 aromatic heterocycles. The molecule has 0 saturated carbocycles. The zero-order valence-corrected chi connectivity index (χ0v) is 11.2.